The number of nitrogens with one attached hydrogen (secondary N) is 1. The molecule has 1 N–H and O–H groups in total. The van der Waals surface area contributed by atoms with E-state index in [9.17, 15) is 0 Å². The topological polar surface area (TPSA) is 15.3 Å². The van der Waals surface area contributed by atoms with Gasteiger partial charge >= 0.3 is 0 Å². The molecule has 1 aliphatic rings. The first kappa shape index (κ1) is 16.6. The van der Waals surface area contributed by atoms with Crippen molar-refractivity contribution < 1.29 is 0 Å². The van der Waals surface area contributed by atoms with Gasteiger partial charge in [-0.3, -0.25) is 0 Å². The summed E-state index contributed by atoms with van der Waals surface area (Å²) in [4.78, 5) is 2.43. The third-order valence-corrected chi connectivity index (χ3v) is 4.99. The fourth-order valence-corrected chi connectivity index (χ4v) is 3.78. The average Bonchev–Trinajstić information content (AvgIpc) is 2.45. The molecule has 0 heterocycles. The van der Waals surface area contributed by atoms with Gasteiger partial charge in [-0.15, -0.1) is 0 Å². The Morgan fingerprint density at radius 3 is 2.67 bits per heavy atom. The molecular weight excluding hydrogens is 280 g/mol. The van der Waals surface area contributed by atoms with Crippen LogP contribution < -0.4 is 10.2 Å². The molecule has 2 rings (SSSR count). The molecular formula is C18H29ClN2. The van der Waals surface area contributed by atoms with Crippen molar-refractivity contribution in [3.8, 4) is 0 Å². The largest absolute Gasteiger partial charge is 0.370 e. The van der Waals surface area contributed by atoms with E-state index in [1.54, 1.807) is 0 Å². The van der Waals surface area contributed by atoms with Crippen LogP contribution in [0.4, 0.5) is 5.69 Å². The van der Waals surface area contributed by atoms with E-state index in [1.807, 2.05) is 6.07 Å². The van der Waals surface area contributed by atoms with Crippen LogP contribution in [0.5, 0.6) is 0 Å². The van der Waals surface area contributed by atoms with Crippen LogP contribution in [0.15, 0.2) is 18.2 Å². The van der Waals surface area contributed by atoms with E-state index in [0.717, 1.165) is 17.5 Å². The number of benzene rings is 1. The second-order valence-electron chi connectivity index (χ2n) is 6.72. The molecule has 2 nitrogen and oxygen atoms in total. The van der Waals surface area contributed by atoms with Gasteiger partial charge in [0.25, 0.3) is 0 Å². The van der Waals surface area contributed by atoms with Gasteiger partial charge < -0.3 is 10.2 Å². The molecule has 3 heteroatoms. The highest BCUT2D eigenvalue weighted by Gasteiger charge is 2.27. The maximum Gasteiger partial charge on any atom is 0.0642 e. The molecule has 2 unspecified atom stereocenters. The Bertz CT molecular complexity index is 459. The maximum atomic E-state index is 6.54. The number of para-hydroxylation sites is 1. The van der Waals surface area contributed by atoms with Gasteiger partial charge in [-0.2, -0.15) is 0 Å². The third kappa shape index (κ3) is 4.14. The number of hydrogen-bond donors (Lipinski definition) is 1. The molecule has 0 spiro atoms. The molecule has 0 radical (unpaired) electrons. The van der Waals surface area contributed by atoms with Gasteiger partial charge in [0, 0.05) is 25.7 Å². The van der Waals surface area contributed by atoms with Gasteiger partial charge in [0.05, 0.1) is 10.7 Å². The highest BCUT2D eigenvalue weighted by atomic mass is 35.5. The lowest BCUT2D eigenvalue weighted by Gasteiger charge is -2.39. The molecule has 118 valence electrons. The Morgan fingerprint density at radius 2 is 2.00 bits per heavy atom. The van der Waals surface area contributed by atoms with Crippen LogP contribution in [0.1, 0.15) is 52.0 Å². The number of halogens is 1. The summed E-state index contributed by atoms with van der Waals surface area (Å²) in [5.41, 5.74) is 2.52. The van der Waals surface area contributed by atoms with Crippen LogP contribution in [0.3, 0.4) is 0 Å². The molecule has 1 saturated carbocycles. The second kappa shape index (κ2) is 7.51. The van der Waals surface area contributed by atoms with Gasteiger partial charge in [-0.1, -0.05) is 57.3 Å². The zero-order chi connectivity index (χ0) is 15.4. The van der Waals surface area contributed by atoms with Gasteiger partial charge in [0.2, 0.25) is 0 Å². The fourth-order valence-electron chi connectivity index (χ4n) is 3.45. The lowest BCUT2D eigenvalue weighted by atomic mass is 9.84. The number of anilines is 1. The predicted octanol–water partition coefficient (Wildman–Crippen LogP) is 4.85. The lowest BCUT2D eigenvalue weighted by molar-refractivity contribution is 0.321. The molecule has 1 fully saturated rings. The highest BCUT2D eigenvalue weighted by Crippen LogP contribution is 2.36. The fraction of sp³-hybridized carbons (Fsp3) is 0.667. The normalized spacial score (nSPS) is 22.6. The Labute approximate surface area is 134 Å². The Kier molecular flexibility index (Phi) is 5.95. The molecule has 2 atom stereocenters. The summed E-state index contributed by atoms with van der Waals surface area (Å²) >= 11 is 6.54. The van der Waals surface area contributed by atoms with E-state index in [2.05, 4.69) is 50.2 Å². The van der Waals surface area contributed by atoms with E-state index in [4.69, 9.17) is 11.6 Å². The zero-order valence-electron chi connectivity index (χ0n) is 13.8. The zero-order valence-corrected chi connectivity index (χ0v) is 14.6. The van der Waals surface area contributed by atoms with Gasteiger partial charge in [0.1, 0.15) is 0 Å². The third-order valence-electron chi connectivity index (χ3n) is 4.69. The molecule has 0 amide bonds. The first-order chi connectivity index (χ1) is 10.0. The lowest BCUT2D eigenvalue weighted by Crippen LogP contribution is -2.40. The number of rotatable bonds is 5. The minimum Gasteiger partial charge on any atom is -0.370 e. The van der Waals surface area contributed by atoms with E-state index < -0.39 is 0 Å². The highest BCUT2D eigenvalue weighted by molar-refractivity contribution is 6.33. The molecule has 0 saturated heterocycles. The molecule has 0 aliphatic heterocycles. The van der Waals surface area contributed by atoms with Crippen molar-refractivity contribution in [1.82, 2.24) is 5.32 Å². The predicted molar refractivity (Wildman–Crippen MR) is 93.3 cm³/mol. The summed E-state index contributed by atoms with van der Waals surface area (Å²) < 4.78 is 0. The summed E-state index contributed by atoms with van der Waals surface area (Å²) in [6.45, 7) is 7.61. The molecule has 0 aromatic heterocycles. The summed E-state index contributed by atoms with van der Waals surface area (Å²) in [5.74, 6) is 0.742. The molecule has 1 aromatic rings. The second-order valence-corrected chi connectivity index (χ2v) is 7.13. The van der Waals surface area contributed by atoms with Crippen LogP contribution >= 0.6 is 11.6 Å². The number of nitrogens with zero attached hydrogens (tertiary/aromatic N) is 1. The summed E-state index contributed by atoms with van der Waals surface area (Å²) in [6, 6.07) is 7.36. The Morgan fingerprint density at radius 1 is 1.29 bits per heavy atom. The van der Waals surface area contributed by atoms with Crippen LogP contribution in [0.25, 0.3) is 0 Å². The monoisotopic (exact) mass is 308 g/mol. The minimum atomic E-state index is 0.482. The Balaban J connectivity index is 2.23. The maximum absolute atomic E-state index is 6.54. The van der Waals surface area contributed by atoms with Gasteiger partial charge in [-0.25, -0.2) is 0 Å². The quantitative estimate of drug-likeness (QED) is 0.836. The standard InChI is InChI=1S/C18H29ClN2/c1-13(2)20-12-15-9-7-10-16(19)18(15)21(4)17-11-6-5-8-14(17)3/h7,9-10,13-14,17,20H,5-6,8,11-12H2,1-4H3. The average molecular weight is 309 g/mol. The SMILES string of the molecule is CC(C)NCc1cccc(Cl)c1N(C)C1CCCCC1C. The number of hydrogen-bond acceptors (Lipinski definition) is 2. The van der Waals surface area contributed by atoms with Crippen molar-refractivity contribution in [2.75, 3.05) is 11.9 Å². The molecule has 0 bridgehead atoms. The molecule has 21 heavy (non-hydrogen) atoms. The van der Waals surface area contributed by atoms with E-state index in [1.165, 1.54) is 36.9 Å². The first-order valence-corrected chi connectivity index (χ1v) is 8.62. The molecule has 1 aromatic carbocycles. The Hall–Kier alpha value is -0.730. The smallest absolute Gasteiger partial charge is 0.0642 e. The van der Waals surface area contributed by atoms with E-state index in [-0.39, 0.29) is 0 Å². The molecule has 1 aliphatic carbocycles. The van der Waals surface area contributed by atoms with Crippen LogP contribution in [0, 0.1) is 5.92 Å². The summed E-state index contributed by atoms with van der Waals surface area (Å²) in [7, 11) is 2.21. The van der Waals surface area contributed by atoms with Crippen LogP contribution in [0.2, 0.25) is 5.02 Å². The van der Waals surface area contributed by atoms with Gasteiger partial charge in [0.15, 0.2) is 0 Å². The minimum absolute atomic E-state index is 0.482. The van der Waals surface area contributed by atoms with Gasteiger partial charge in [-0.05, 0) is 30.4 Å². The summed E-state index contributed by atoms with van der Waals surface area (Å²) in [5, 5.41) is 4.39. The summed E-state index contributed by atoms with van der Waals surface area (Å²) in [6.07, 6.45) is 5.32. The van der Waals surface area contributed by atoms with Crippen molar-refractivity contribution in [3.63, 3.8) is 0 Å². The van der Waals surface area contributed by atoms with Crippen molar-refractivity contribution in [2.24, 2.45) is 5.92 Å². The van der Waals surface area contributed by atoms with Crippen molar-refractivity contribution in [1.29, 1.82) is 0 Å². The van der Waals surface area contributed by atoms with Crippen molar-refractivity contribution in [2.45, 2.75) is 65.1 Å². The van der Waals surface area contributed by atoms with E-state index >= 15 is 0 Å². The first-order valence-electron chi connectivity index (χ1n) is 8.24. The van der Waals surface area contributed by atoms with Crippen molar-refractivity contribution in [3.05, 3.63) is 28.8 Å². The van der Waals surface area contributed by atoms with E-state index in [0.29, 0.717) is 12.1 Å². The van der Waals surface area contributed by atoms with Crippen molar-refractivity contribution >= 4 is 17.3 Å². The van der Waals surface area contributed by atoms with Crippen LogP contribution in [-0.4, -0.2) is 19.1 Å². The van der Waals surface area contributed by atoms with Crippen LogP contribution in [-0.2, 0) is 6.54 Å².